The van der Waals surface area contributed by atoms with Crippen LogP contribution in [0.5, 0.6) is 0 Å². The summed E-state index contributed by atoms with van der Waals surface area (Å²) < 4.78 is 0. The van der Waals surface area contributed by atoms with E-state index in [0.29, 0.717) is 6.04 Å². The smallest absolute Gasteiger partial charge is 0.321 e. The van der Waals surface area contributed by atoms with Crippen LogP contribution in [0.15, 0.2) is 24.3 Å². The summed E-state index contributed by atoms with van der Waals surface area (Å²) >= 11 is 0. The summed E-state index contributed by atoms with van der Waals surface area (Å²) in [5.41, 5.74) is 2.12. The third-order valence-electron chi connectivity index (χ3n) is 4.44. The minimum atomic E-state index is 0.00245. The maximum atomic E-state index is 11.6. The first-order valence-electron chi connectivity index (χ1n) is 7.90. The van der Waals surface area contributed by atoms with E-state index in [1.807, 2.05) is 12.1 Å². The molecule has 2 amide bonds. The van der Waals surface area contributed by atoms with Gasteiger partial charge < -0.3 is 15.5 Å². The van der Waals surface area contributed by atoms with E-state index < -0.39 is 0 Å². The van der Waals surface area contributed by atoms with E-state index in [1.165, 1.54) is 25.9 Å². The van der Waals surface area contributed by atoms with Crippen LogP contribution in [0, 0.1) is 0 Å². The van der Waals surface area contributed by atoms with Gasteiger partial charge in [0, 0.05) is 43.6 Å². The van der Waals surface area contributed by atoms with Gasteiger partial charge in [0.15, 0.2) is 0 Å². The van der Waals surface area contributed by atoms with Crippen molar-refractivity contribution in [2.75, 3.05) is 42.9 Å². The van der Waals surface area contributed by atoms with Crippen LogP contribution in [-0.4, -0.2) is 49.7 Å². The Bertz CT molecular complexity index is 480. The van der Waals surface area contributed by atoms with Gasteiger partial charge in [-0.3, -0.25) is 4.90 Å². The molecule has 0 bridgehead atoms. The van der Waals surface area contributed by atoms with Crippen molar-refractivity contribution in [3.63, 3.8) is 0 Å². The molecule has 2 fully saturated rings. The number of nitrogens with one attached hydrogen (secondary N) is 2. The summed E-state index contributed by atoms with van der Waals surface area (Å²) in [5.74, 6) is 0. The van der Waals surface area contributed by atoms with Crippen molar-refractivity contribution < 1.29 is 4.79 Å². The molecule has 0 saturated carbocycles. The van der Waals surface area contributed by atoms with Crippen molar-refractivity contribution in [2.45, 2.75) is 25.8 Å². The standard InChI is InChI=1S/C16H24N4O/c1-2-19-10-7-14(8-11-19)18-13-3-5-15(6-4-13)20-12-9-17-16(20)21/h3-6,14,18H,2,7-12H2,1H3,(H,17,21). The lowest BCUT2D eigenvalue weighted by molar-refractivity contribution is 0.229. The maximum Gasteiger partial charge on any atom is 0.321 e. The second-order valence-corrected chi connectivity index (χ2v) is 5.78. The fraction of sp³-hybridized carbons (Fsp3) is 0.562. The lowest BCUT2D eigenvalue weighted by Gasteiger charge is -2.32. The molecule has 1 aromatic carbocycles. The molecule has 0 spiro atoms. The monoisotopic (exact) mass is 288 g/mol. The zero-order valence-electron chi connectivity index (χ0n) is 12.6. The summed E-state index contributed by atoms with van der Waals surface area (Å²) in [5, 5.41) is 6.43. The van der Waals surface area contributed by atoms with Crippen LogP contribution in [0.4, 0.5) is 16.2 Å². The van der Waals surface area contributed by atoms with Gasteiger partial charge in [0.05, 0.1) is 0 Å². The molecule has 3 rings (SSSR count). The Balaban J connectivity index is 1.56. The highest BCUT2D eigenvalue weighted by molar-refractivity contribution is 5.94. The molecule has 2 heterocycles. The molecular weight excluding hydrogens is 264 g/mol. The molecule has 2 saturated heterocycles. The van der Waals surface area contributed by atoms with Crippen LogP contribution >= 0.6 is 0 Å². The molecule has 21 heavy (non-hydrogen) atoms. The average Bonchev–Trinajstić information content (AvgIpc) is 2.95. The lowest BCUT2D eigenvalue weighted by Crippen LogP contribution is -2.38. The minimum absolute atomic E-state index is 0.00245. The number of hydrogen-bond donors (Lipinski definition) is 2. The van der Waals surface area contributed by atoms with Crippen LogP contribution in [0.1, 0.15) is 19.8 Å². The van der Waals surface area contributed by atoms with E-state index in [2.05, 4.69) is 34.6 Å². The Labute approximate surface area is 126 Å². The number of urea groups is 1. The van der Waals surface area contributed by atoms with Crippen LogP contribution in [0.25, 0.3) is 0 Å². The average molecular weight is 288 g/mol. The number of likely N-dealkylation sites (tertiary alicyclic amines) is 1. The molecule has 2 aliphatic rings. The van der Waals surface area contributed by atoms with Gasteiger partial charge >= 0.3 is 6.03 Å². The molecule has 2 aliphatic heterocycles. The normalized spacial score (nSPS) is 20.6. The highest BCUT2D eigenvalue weighted by atomic mass is 16.2. The number of hydrogen-bond acceptors (Lipinski definition) is 3. The van der Waals surface area contributed by atoms with Crippen molar-refractivity contribution in [3.05, 3.63) is 24.3 Å². The van der Waals surface area contributed by atoms with Gasteiger partial charge in [0.25, 0.3) is 0 Å². The van der Waals surface area contributed by atoms with Crippen LogP contribution < -0.4 is 15.5 Å². The van der Waals surface area contributed by atoms with E-state index in [4.69, 9.17) is 0 Å². The summed E-state index contributed by atoms with van der Waals surface area (Å²) in [4.78, 5) is 15.9. The number of rotatable bonds is 4. The highest BCUT2D eigenvalue weighted by Crippen LogP contribution is 2.21. The molecule has 2 N–H and O–H groups in total. The Hall–Kier alpha value is -1.75. The molecule has 0 atom stereocenters. The van der Waals surface area contributed by atoms with E-state index in [1.54, 1.807) is 4.90 Å². The Kier molecular flexibility index (Phi) is 4.29. The van der Waals surface area contributed by atoms with Crippen molar-refractivity contribution in [1.29, 1.82) is 0 Å². The predicted octanol–water partition coefficient (Wildman–Crippen LogP) is 2.11. The van der Waals surface area contributed by atoms with E-state index in [9.17, 15) is 4.79 Å². The number of anilines is 2. The largest absolute Gasteiger partial charge is 0.382 e. The third kappa shape index (κ3) is 3.29. The second-order valence-electron chi connectivity index (χ2n) is 5.78. The molecule has 0 aromatic heterocycles. The highest BCUT2D eigenvalue weighted by Gasteiger charge is 2.21. The number of carbonyl (C=O) groups excluding carboxylic acids is 1. The summed E-state index contributed by atoms with van der Waals surface area (Å²) in [6.07, 6.45) is 2.40. The first-order chi connectivity index (χ1) is 10.3. The first-order valence-corrected chi connectivity index (χ1v) is 7.90. The van der Waals surface area contributed by atoms with E-state index in [-0.39, 0.29) is 6.03 Å². The lowest BCUT2D eigenvalue weighted by atomic mass is 10.0. The van der Waals surface area contributed by atoms with Gasteiger partial charge in [-0.15, -0.1) is 0 Å². The minimum Gasteiger partial charge on any atom is -0.382 e. The van der Waals surface area contributed by atoms with E-state index in [0.717, 1.165) is 31.0 Å². The van der Waals surface area contributed by atoms with Crippen molar-refractivity contribution in [1.82, 2.24) is 10.2 Å². The van der Waals surface area contributed by atoms with Crippen molar-refractivity contribution in [3.8, 4) is 0 Å². The molecule has 0 aliphatic carbocycles. The number of piperidine rings is 1. The third-order valence-corrected chi connectivity index (χ3v) is 4.44. The van der Waals surface area contributed by atoms with Gasteiger partial charge in [-0.05, 0) is 43.7 Å². The second kappa shape index (κ2) is 6.35. The fourth-order valence-electron chi connectivity index (χ4n) is 3.08. The summed E-state index contributed by atoms with van der Waals surface area (Å²) in [6, 6.07) is 8.76. The number of benzene rings is 1. The molecular formula is C16H24N4O. The van der Waals surface area contributed by atoms with Gasteiger partial charge in [0.1, 0.15) is 0 Å². The Morgan fingerprint density at radius 1 is 1.19 bits per heavy atom. The van der Waals surface area contributed by atoms with Crippen LogP contribution in [-0.2, 0) is 0 Å². The topological polar surface area (TPSA) is 47.6 Å². The predicted molar refractivity (Wildman–Crippen MR) is 85.9 cm³/mol. The number of carbonyl (C=O) groups is 1. The first kappa shape index (κ1) is 14.2. The molecule has 5 nitrogen and oxygen atoms in total. The van der Waals surface area contributed by atoms with Gasteiger partial charge in [0.2, 0.25) is 0 Å². The Morgan fingerprint density at radius 3 is 2.48 bits per heavy atom. The summed E-state index contributed by atoms with van der Waals surface area (Å²) in [6.45, 7) is 7.22. The van der Waals surface area contributed by atoms with E-state index >= 15 is 0 Å². The Morgan fingerprint density at radius 2 is 1.90 bits per heavy atom. The van der Waals surface area contributed by atoms with Crippen LogP contribution in [0.3, 0.4) is 0 Å². The quantitative estimate of drug-likeness (QED) is 0.892. The zero-order chi connectivity index (χ0) is 14.7. The number of nitrogens with zero attached hydrogens (tertiary/aromatic N) is 2. The maximum absolute atomic E-state index is 11.6. The molecule has 1 aromatic rings. The van der Waals surface area contributed by atoms with Crippen molar-refractivity contribution >= 4 is 17.4 Å². The SMILES string of the molecule is CCN1CCC(Nc2ccc(N3CCNC3=O)cc2)CC1. The molecule has 0 radical (unpaired) electrons. The van der Waals surface area contributed by atoms with Crippen LogP contribution in [0.2, 0.25) is 0 Å². The molecule has 0 unspecified atom stereocenters. The summed E-state index contributed by atoms with van der Waals surface area (Å²) in [7, 11) is 0. The molecule has 114 valence electrons. The van der Waals surface area contributed by atoms with Gasteiger partial charge in [-0.25, -0.2) is 4.79 Å². The molecule has 5 heteroatoms. The van der Waals surface area contributed by atoms with Gasteiger partial charge in [-0.2, -0.15) is 0 Å². The fourth-order valence-corrected chi connectivity index (χ4v) is 3.08. The van der Waals surface area contributed by atoms with Crippen molar-refractivity contribution in [2.24, 2.45) is 0 Å². The zero-order valence-corrected chi connectivity index (χ0v) is 12.6. The van der Waals surface area contributed by atoms with Gasteiger partial charge in [-0.1, -0.05) is 6.92 Å². The number of amides is 2.